The van der Waals surface area contributed by atoms with Gasteiger partial charge < -0.3 is 53.8 Å². The number of likely N-dealkylation sites (tertiary alicyclic amines) is 1. The first-order chi connectivity index (χ1) is 31.6. The number of hydrogen-bond acceptors (Lipinski definition) is 16. The third-order valence-corrected chi connectivity index (χ3v) is 12.6. The van der Waals surface area contributed by atoms with Gasteiger partial charge in [0.25, 0.3) is 10.1 Å². The van der Waals surface area contributed by atoms with Gasteiger partial charge in [0.15, 0.2) is 0 Å². The molecule has 4 atom stereocenters. The summed E-state index contributed by atoms with van der Waals surface area (Å²) in [6.45, 7) is 14.9. The summed E-state index contributed by atoms with van der Waals surface area (Å²) in [6.07, 6.45) is -0.797. The second-order valence-corrected chi connectivity index (χ2v) is 19.2. The summed E-state index contributed by atoms with van der Waals surface area (Å²) in [5, 5.41) is 16.4. The standard InChI is InChI=1S/C46H68N4O14S2/c1-33-7-13-39(14-8-33)66(55,56)64-28-27-62-24-23-60-20-19-58-16-15-57-17-18-59-21-22-61-25-26-63-31-41(52)49-43(46(4,5)6)45(54)50-30-38(51)29-40(50)44(53)48-34(2)36-9-11-37(12-10-36)42-35(3)47-32-65-42/h7-14,32,34,38,40,43,51H,15-31H2,1-6H3,(H,48,53)(H,49,52)/t34?,38-,40+,43?/m1/s1. The van der Waals surface area contributed by atoms with E-state index in [2.05, 4.69) is 15.6 Å². The van der Waals surface area contributed by atoms with E-state index in [1.165, 1.54) is 17.0 Å². The number of nitrogens with zero attached hydrogens (tertiary/aromatic N) is 2. The molecule has 0 spiro atoms. The molecule has 2 heterocycles. The highest BCUT2D eigenvalue weighted by molar-refractivity contribution is 7.86. The first kappa shape index (κ1) is 54.7. The van der Waals surface area contributed by atoms with Crippen LogP contribution in [0.15, 0.2) is 58.9 Å². The van der Waals surface area contributed by atoms with Crippen LogP contribution in [0.2, 0.25) is 0 Å². The molecule has 1 aromatic heterocycles. The summed E-state index contributed by atoms with van der Waals surface area (Å²) in [5.74, 6) is -1.33. The number of aliphatic hydroxyl groups excluding tert-OH is 1. The van der Waals surface area contributed by atoms with Crippen molar-refractivity contribution in [3.8, 4) is 10.4 Å². The molecule has 0 bridgehead atoms. The fraction of sp³-hybridized carbons (Fsp3) is 0.609. The Morgan fingerprint density at radius 2 is 1.26 bits per heavy atom. The van der Waals surface area contributed by atoms with E-state index in [1.807, 2.05) is 71.3 Å². The van der Waals surface area contributed by atoms with Crippen LogP contribution in [-0.4, -0.2) is 165 Å². The molecule has 368 valence electrons. The van der Waals surface area contributed by atoms with Gasteiger partial charge in [-0.3, -0.25) is 18.6 Å². The summed E-state index contributed by atoms with van der Waals surface area (Å²) in [4.78, 5) is 47.3. The molecule has 20 heteroatoms. The number of carbonyl (C=O) groups is 3. The van der Waals surface area contributed by atoms with Crippen molar-refractivity contribution >= 4 is 39.2 Å². The lowest BCUT2D eigenvalue weighted by Crippen LogP contribution is -2.58. The molecule has 2 aromatic carbocycles. The van der Waals surface area contributed by atoms with Crippen molar-refractivity contribution in [2.75, 3.05) is 106 Å². The number of carbonyl (C=O) groups excluding carboxylic acids is 3. The van der Waals surface area contributed by atoms with E-state index in [0.29, 0.717) is 66.1 Å². The highest BCUT2D eigenvalue weighted by atomic mass is 32.2. The lowest BCUT2D eigenvalue weighted by molar-refractivity contribution is -0.144. The smallest absolute Gasteiger partial charge is 0.297 e. The zero-order valence-electron chi connectivity index (χ0n) is 39.0. The first-order valence-electron chi connectivity index (χ1n) is 22.2. The molecule has 3 N–H and O–H groups in total. The average Bonchev–Trinajstić information content (AvgIpc) is 3.90. The van der Waals surface area contributed by atoms with Crippen LogP contribution >= 0.6 is 11.3 Å². The maximum Gasteiger partial charge on any atom is 0.297 e. The fourth-order valence-electron chi connectivity index (χ4n) is 6.68. The quantitative estimate of drug-likeness (QED) is 0.0620. The molecule has 1 saturated heterocycles. The van der Waals surface area contributed by atoms with Crippen molar-refractivity contribution in [3.63, 3.8) is 0 Å². The van der Waals surface area contributed by atoms with Crippen LogP contribution in [0, 0.1) is 19.3 Å². The molecule has 18 nitrogen and oxygen atoms in total. The Morgan fingerprint density at radius 3 is 1.74 bits per heavy atom. The van der Waals surface area contributed by atoms with Crippen LogP contribution < -0.4 is 10.6 Å². The van der Waals surface area contributed by atoms with Crippen molar-refractivity contribution in [1.82, 2.24) is 20.5 Å². The number of amides is 3. The highest BCUT2D eigenvalue weighted by Crippen LogP contribution is 2.29. The zero-order chi connectivity index (χ0) is 48.0. The molecular formula is C46H68N4O14S2. The van der Waals surface area contributed by atoms with Crippen molar-refractivity contribution in [1.29, 1.82) is 0 Å². The van der Waals surface area contributed by atoms with Crippen molar-refractivity contribution < 1.29 is 65.2 Å². The van der Waals surface area contributed by atoms with Crippen molar-refractivity contribution in [2.24, 2.45) is 5.41 Å². The fourth-order valence-corrected chi connectivity index (χ4v) is 8.38. The summed E-state index contributed by atoms with van der Waals surface area (Å²) in [7, 11) is -3.81. The van der Waals surface area contributed by atoms with Gasteiger partial charge >= 0.3 is 0 Å². The van der Waals surface area contributed by atoms with Gasteiger partial charge in [-0.25, -0.2) is 4.98 Å². The van der Waals surface area contributed by atoms with E-state index >= 15 is 0 Å². The Bertz CT molecular complexity index is 2010. The monoisotopic (exact) mass is 964 g/mol. The SMILES string of the molecule is Cc1ccc(S(=O)(=O)OCCOCCOCCOCCOCCOCCOCCOCC(=O)NC(C(=O)N2C[C@H](O)C[C@H]2C(=O)NC(C)c2ccc(-c3scnc3C)cc2)C(C)(C)C)cc1. The van der Waals surface area contributed by atoms with E-state index in [0.717, 1.165) is 27.3 Å². The van der Waals surface area contributed by atoms with Crippen LogP contribution in [-0.2, 0) is 61.8 Å². The van der Waals surface area contributed by atoms with Gasteiger partial charge in [-0.2, -0.15) is 8.42 Å². The van der Waals surface area contributed by atoms with Gasteiger partial charge in [0.05, 0.1) is 126 Å². The van der Waals surface area contributed by atoms with Gasteiger partial charge in [-0.05, 0) is 49.4 Å². The molecule has 0 aliphatic carbocycles. The molecule has 0 radical (unpaired) electrons. The van der Waals surface area contributed by atoms with Gasteiger partial charge in [0.1, 0.15) is 18.7 Å². The molecule has 1 aliphatic heterocycles. The summed E-state index contributed by atoms with van der Waals surface area (Å²) < 4.78 is 67.6. The molecule has 3 aromatic rings. The van der Waals surface area contributed by atoms with Crippen LogP contribution in [0.4, 0.5) is 0 Å². The molecule has 1 fully saturated rings. The number of aromatic nitrogens is 1. The third-order valence-electron chi connectivity index (χ3n) is 10.3. The number of aliphatic hydroxyl groups is 1. The molecule has 3 amide bonds. The summed E-state index contributed by atoms with van der Waals surface area (Å²) >= 11 is 1.57. The first-order valence-corrected chi connectivity index (χ1v) is 24.4. The van der Waals surface area contributed by atoms with Crippen LogP contribution in [0.1, 0.15) is 57.0 Å². The average molecular weight is 965 g/mol. The number of ether oxygens (including phenoxy) is 7. The third kappa shape index (κ3) is 19.0. The minimum Gasteiger partial charge on any atom is -0.391 e. The molecule has 0 saturated carbocycles. The number of rotatable bonds is 31. The Kier molecular flexibility index (Phi) is 23.5. The lowest BCUT2D eigenvalue weighted by atomic mass is 9.85. The highest BCUT2D eigenvalue weighted by Gasteiger charge is 2.44. The Hall–Kier alpha value is -3.93. The van der Waals surface area contributed by atoms with Gasteiger partial charge in [0, 0.05) is 13.0 Å². The molecular weight excluding hydrogens is 897 g/mol. The summed E-state index contributed by atoms with van der Waals surface area (Å²) in [5.41, 5.74) is 4.95. The van der Waals surface area contributed by atoms with Crippen LogP contribution in [0.3, 0.4) is 0 Å². The Labute approximate surface area is 393 Å². The van der Waals surface area contributed by atoms with Crippen LogP contribution in [0.25, 0.3) is 10.4 Å². The van der Waals surface area contributed by atoms with Crippen molar-refractivity contribution in [3.05, 3.63) is 70.9 Å². The number of aryl methyl sites for hydroxylation is 2. The maximum atomic E-state index is 13.9. The van der Waals surface area contributed by atoms with Crippen LogP contribution in [0.5, 0.6) is 0 Å². The largest absolute Gasteiger partial charge is 0.391 e. The number of benzene rings is 2. The molecule has 66 heavy (non-hydrogen) atoms. The Balaban J connectivity index is 0.977. The number of thiazole rings is 1. The second-order valence-electron chi connectivity index (χ2n) is 16.7. The minimum absolute atomic E-state index is 0.0263. The lowest BCUT2D eigenvalue weighted by Gasteiger charge is -2.35. The second kappa shape index (κ2) is 28.4. The summed E-state index contributed by atoms with van der Waals surface area (Å²) in [6, 6.07) is 12.1. The molecule has 2 unspecified atom stereocenters. The molecule has 1 aliphatic rings. The predicted octanol–water partition coefficient (Wildman–Crippen LogP) is 3.62. The minimum atomic E-state index is -3.81. The van der Waals surface area contributed by atoms with E-state index in [-0.39, 0.29) is 62.8 Å². The maximum absolute atomic E-state index is 13.9. The normalized spacial score (nSPS) is 16.3. The number of β-amino-alcohol motifs (C(OH)–C–C–N with tert-alkyl or cyclic N) is 1. The number of nitrogens with one attached hydrogen (secondary N) is 2. The van der Waals surface area contributed by atoms with Gasteiger partial charge in [-0.15, -0.1) is 11.3 Å². The number of hydrogen-bond donors (Lipinski definition) is 3. The van der Waals surface area contributed by atoms with Crippen molar-refractivity contribution in [2.45, 2.75) is 77.1 Å². The van der Waals surface area contributed by atoms with E-state index in [1.54, 1.807) is 23.5 Å². The predicted molar refractivity (Wildman–Crippen MR) is 246 cm³/mol. The topological polar surface area (TPSA) is 220 Å². The molecule has 4 rings (SSSR count). The van der Waals surface area contributed by atoms with E-state index in [4.69, 9.17) is 37.3 Å². The Morgan fingerprint density at radius 1 is 0.758 bits per heavy atom. The van der Waals surface area contributed by atoms with Gasteiger partial charge in [-0.1, -0.05) is 62.7 Å². The van der Waals surface area contributed by atoms with E-state index < -0.39 is 45.5 Å². The van der Waals surface area contributed by atoms with E-state index in [9.17, 15) is 27.9 Å². The van der Waals surface area contributed by atoms with Gasteiger partial charge in [0.2, 0.25) is 17.7 Å². The zero-order valence-corrected chi connectivity index (χ0v) is 40.6.